The van der Waals surface area contributed by atoms with E-state index in [-0.39, 0.29) is 0 Å². The van der Waals surface area contributed by atoms with E-state index in [0.717, 1.165) is 22.2 Å². The van der Waals surface area contributed by atoms with E-state index < -0.39 is 6.10 Å². The average molecular weight is 335 g/mol. The molecule has 1 aliphatic rings. The van der Waals surface area contributed by atoms with Crippen molar-refractivity contribution >= 4 is 15.9 Å². The van der Waals surface area contributed by atoms with E-state index in [1.54, 1.807) is 12.3 Å². The molecule has 0 aliphatic carbocycles. The maximum atomic E-state index is 10.4. The number of aliphatic hydroxyl groups excluding tert-OH is 1. The molecule has 0 saturated heterocycles. The van der Waals surface area contributed by atoms with Crippen molar-refractivity contribution in [3.05, 3.63) is 51.5 Å². The van der Waals surface area contributed by atoms with Gasteiger partial charge in [0.2, 0.25) is 0 Å². The summed E-state index contributed by atoms with van der Waals surface area (Å²) in [5.74, 6) is 1.58. The Kier molecular flexibility index (Phi) is 3.72. The largest absolute Gasteiger partial charge is 0.493 e. The molecule has 0 saturated carbocycles. The Morgan fingerprint density at radius 3 is 3.10 bits per heavy atom. The fourth-order valence-corrected chi connectivity index (χ4v) is 3.02. The molecule has 0 radical (unpaired) electrons. The van der Waals surface area contributed by atoms with Crippen LogP contribution in [0.15, 0.2) is 28.9 Å². The quantitative estimate of drug-likeness (QED) is 0.937. The molecule has 1 aliphatic heterocycles. The van der Waals surface area contributed by atoms with Crippen molar-refractivity contribution in [2.75, 3.05) is 6.61 Å². The van der Waals surface area contributed by atoms with E-state index in [2.05, 4.69) is 32.0 Å². The second-order valence-corrected chi connectivity index (χ2v) is 5.82. The molecule has 2 aromatic rings. The molecule has 0 fully saturated rings. The first-order chi connectivity index (χ1) is 9.63. The zero-order valence-electron chi connectivity index (χ0n) is 11.1. The van der Waals surface area contributed by atoms with Crippen molar-refractivity contribution in [3.8, 4) is 5.75 Å². The lowest BCUT2D eigenvalue weighted by Gasteiger charge is -2.13. The highest BCUT2D eigenvalue weighted by Crippen LogP contribution is 2.35. The van der Waals surface area contributed by atoms with Crippen LogP contribution in [0.4, 0.5) is 0 Å². The van der Waals surface area contributed by atoms with Crippen LogP contribution in [0.25, 0.3) is 0 Å². The Balaban J connectivity index is 1.88. The number of ether oxygens (including phenoxy) is 1. The smallest absolute Gasteiger partial charge is 0.125 e. The average Bonchev–Trinajstić information content (AvgIpc) is 2.86. The van der Waals surface area contributed by atoms with E-state index >= 15 is 0 Å². The minimum Gasteiger partial charge on any atom is -0.493 e. The van der Waals surface area contributed by atoms with Gasteiger partial charge in [0.25, 0.3) is 0 Å². The highest BCUT2D eigenvalue weighted by atomic mass is 79.9. The number of aromatic nitrogens is 2. The number of hydrogen-bond acceptors (Lipinski definition) is 4. The predicted octanol–water partition coefficient (Wildman–Crippen LogP) is 2.76. The van der Waals surface area contributed by atoms with Gasteiger partial charge in [-0.15, -0.1) is 0 Å². The molecular formula is C15H15BrN2O2. The van der Waals surface area contributed by atoms with Crippen molar-refractivity contribution in [2.45, 2.75) is 25.9 Å². The molecule has 0 bridgehead atoms. The third kappa shape index (κ3) is 2.69. The fraction of sp³-hybridized carbons (Fsp3) is 0.333. The first-order valence-electron chi connectivity index (χ1n) is 6.55. The van der Waals surface area contributed by atoms with E-state index in [4.69, 9.17) is 4.74 Å². The Labute approximate surface area is 126 Å². The van der Waals surface area contributed by atoms with E-state index in [1.165, 1.54) is 5.56 Å². The van der Waals surface area contributed by atoms with Crippen molar-refractivity contribution in [2.24, 2.45) is 0 Å². The van der Waals surface area contributed by atoms with E-state index in [0.29, 0.717) is 24.5 Å². The highest BCUT2D eigenvalue weighted by molar-refractivity contribution is 9.10. The van der Waals surface area contributed by atoms with Crippen LogP contribution >= 0.6 is 15.9 Å². The van der Waals surface area contributed by atoms with Crippen molar-refractivity contribution in [1.29, 1.82) is 0 Å². The molecule has 20 heavy (non-hydrogen) atoms. The summed E-state index contributed by atoms with van der Waals surface area (Å²) in [5.41, 5.74) is 2.85. The van der Waals surface area contributed by atoms with Crippen LogP contribution in [0.2, 0.25) is 0 Å². The van der Waals surface area contributed by atoms with E-state index in [1.807, 2.05) is 13.0 Å². The summed E-state index contributed by atoms with van der Waals surface area (Å²) in [4.78, 5) is 8.32. The SMILES string of the molecule is Cc1nccc(C(O)Cc2cc(Br)cc3c2OCC3)n1. The number of halogens is 1. The zero-order valence-corrected chi connectivity index (χ0v) is 12.7. The summed E-state index contributed by atoms with van der Waals surface area (Å²) >= 11 is 3.51. The minimum absolute atomic E-state index is 0.484. The number of aliphatic hydroxyl groups is 1. The lowest BCUT2D eigenvalue weighted by Crippen LogP contribution is -2.06. The van der Waals surface area contributed by atoms with Crippen LogP contribution in [0.3, 0.4) is 0 Å². The molecule has 4 nitrogen and oxygen atoms in total. The molecule has 1 N–H and O–H groups in total. The summed E-state index contributed by atoms with van der Waals surface area (Å²) in [6, 6.07) is 5.82. The Morgan fingerprint density at radius 2 is 2.30 bits per heavy atom. The van der Waals surface area contributed by atoms with Gasteiger partial charge in [-0.1, -0.05) is 15.9 Å². The molecule has 1 atom stereocenters. The van der Waals surface area contributed by atoms with Gasteiger partial charge in [-0.05, 0) is 36.2 Å². The highest BCUT2D eigenvalue weighted by Gasteiger charge is 2.20. The summed E-state index contributed by atoms with van der Waals surface area (Å²) in [6.07, 6.45) is 2.42. The second-order valence-electron chi connectivity index (χ2n) is 4.90. The lowest BCUT2D eigenvalue weighted by molar-refractivity contribution is 0.172. The normalized spacial score (nSPS) is 14.8. The molecule has 1 aromatic heterocycles. The standard InChI is InChI=1S/C15H15BrN2O2/c1-9-17-4-2-13(18-9)14(19)8-11-7-12(16)6-10-3-5-20-15(10)11/h2,4,6-7,14,19H,3,5,8H2,1H3. The predicted molar refractivity (Wildman–Crippen MR) is 78.8 cm³/mol. The van der Waals surface area contributed by atoms with Gasteiger partial charge < -0.3 is 9.84 Å². The Hall–Kier alpha value is -1.46. The van der Waals surface area contributed by atoms with Crippen LogP contribution < -0.4 is 4.74 Å². The number of hydrogen-bond donors (Lipinski definition) is 1. The first kappa shape index (κ1) is 13.5. The number of benzene rings is 1. The van der Waals surface area contributed by atoms with Gasteiger partial charge in [-0.3, -0.25) is 0 Å². The maximum Gasteiger partial charge on any atom is 0.125 e. The summed E-state index contributed by atoms with van der Waals surface area (Å²) < 4.78 is 6.70. The van der Waals surface area contributed by atoms with E-state index in [9.17, 15) is 5.11 Å². The lowest BCUT2D eigenvalue weighted by atomic mass is 10.0. The molecule has 0 amide bonds. The minimum atomic E-state index is -0.653. The molecule has 3 rings (SSSR count). The summed E-state index contributed by atoms with van der Waals surface area (Å²) in [6.45, 7) is 2.53. The molecule has 1 aromatic carbocycles. The van der Waals surface area contributed by atoms with Gasteiger partial charge in [0.1, 0.15) is 17.7 Å². The van der Waals surface area contributed by atoms with Crippen molar-refractivity contribution in [1.82, 2.24) is 9.97 Å². The number of nitrogens with zero attached hydrogens (tertiary/aromatic N) is 2. The van der Waals surface area contributed by atoms with Gasteiger partial charge in [-0.25, -0.2) is 9.97 Å². The third-order valence-corrected chi connectivity index (χ3v) is 3.84. The van der Waals surface area contributed by atoms with Gasteiger partial charge >= 0.3 is 0 Å². The Bertz CT molecular complexity index is 646. The molecule has 5 heteroatoms. The second kappa shape index (κ2) is 5.50. The molecule has 104 valence electrons. The molecule has 1 unspecified atom stereocenters. The fourth-order valence-electron chi connectivity index (χ4n) is 2.47. The number of fused-ring (bicyclic) bond motifs is 1. The van der Waals surface area contributed by atoms with Crippen LogP contribution in [-0.4, -0.2) is 21.7 Å². The van der Waals surface area contributed by atoms with Gasteiger partial charge in [0.15, 0.2) is 0 Å². The van der Waals surface area contributed by atoms with Crippen LogP contribution in [-0.2, 0) is 12.8 Å². The number of aryl methyl sites for hydroxylation is 1. The van der Waals surface area contributed by atoms with Crippen LogP contribution in [0.5, 0.6) is 5.75 Å². The first-order valence-corrected chi connectivity index (χ1v) is 7.34. The maximum absolute atomic E-state index is 10.4. The Morgan fingerprint density at radius 1 is 1.45 bits per heavy atom. The van der Waals surface area contributed by atoms with Gasteiger partial charge in [-0.2, -0.15) is 0 Å². The summed E-state index contributed by atoms with van der Waals surface area (Å²) in [7, 11) is 0. The van der Waals surface area contributed by atoms with Crippen molar-refractivity contribution in [3.63, 3.8) is 0 Å². The molecular weight excluding hydrogens is 320 g/mol. The number of rotatable bonds is 3. The van der Waals surface area contributed by atoms with Crippen LogP contribution in [0, 0.1) is 6.92 Å². The van der Waals surface area contributed by atoms with Crippen molar-refractivity contribution < 1.29 is 9.84 Å². The topological polar surface area (TPSA) is 55.2 Å². The molecule has 0 spiro atoms. The van der Waals surface area contributed by atoms with Crippen LogP contribution in [0.1, 0.15) is 28.7 Å². The summed E-state index contributed by atoms with van der Waals surface area (Å²) in [5, 5.41) is 10.4. The third-order valence-electron chi connectivity index (χ3n) is 3.38. The monoisotopic (exact) mass is 334 g/mol. The van der Waals surface area contributed by atoms with Gasteiger partial charge in [0.05, 0.1) is 12.3 Å². The zero-order chi connectivity index (χ0) is 14.1. The molecule has 2 heterocycles. The van der Waals surface area contributed by atoms with Gasteiger partial charge in [0, 0.05) is 23.5 Å².